The molecule has 0 spiro atoms. The number of aromatic nitrogens is 3. The minimum absolute atomic E-state index is 0.148. The predicted molar refractivity (Wildman–Crippen MR) is 70.5 cm³/mol. The molecular formula is C13H17F2N5. The first-order valence-electron chi connectivity index (χ1n) is 6.31. The lowest BCUT2D eigenvalue weighted by Crippen LogP contribution is -2.30. The van der Waals surface area contributed by atoms with Crippen LogP contribution in [-0.2, 0) is 6.42 Å². The summed E-state index contributed by atoms with van der Waals surface area (Å²) >= 11 is 0. The summed E-state index contributed by atoms with van der Waals surface area (Å²) in [5.74, 6) is 4.93. The summed E-state index contributed by atoms with van der Waals surface area (Å²) in [6, 6.07) is 3.04. The van der Waals surface area contributed by atoms with E-state index in [4.69, 9.17) is 5.84 Å². The van der Waals surface area contributed by atoms with Gasteiger partial charge in [-0.05, 0) is 31.5 Å². The summed E-state index contributed by atoms with van der Waals surface area (Å²) in [6.45, 7) is 3.95. The molecule has 0 aliphatic heterocycles. The Labute approximate surface area is 115 Å². The van der Waals surface area contributed by atoms with Crippen molar-refractivity contribution in [2.75, 3.05) is 0 Å². The SMILES string of the molecule is CC(C)n1ncnc1CC(NN)c1cc(F)cc(F)c1. The number of hydrazine groups is 1. The van der Waals surface area contributed by atoms with Gasteiger partial charge in [0.2, 0.25) is 0 Å². The molecule has 0 saturated heterocycles. The topological polar surface area (TPSA) is 68.8 Å². The van der Waals surface area contributed by atoms with Gasteiger partial charge in [-0.25, -0.2) is 18.4 Å². The van der Waals surface area contributed by atoms with Crippen LogP contribution in [0.2, 0.25) is 0 Å². The van der Waals surface area contributed by atoms with Crippen LogP contribution in [-0.4, -0.2) is 14.8 Å². The van der Waals surface area contributed by atoms with Gasteiger partial charge < -0.3 is 0 Å². The molecule has 1 aromatic carbocycles. The fourth-order valence-electron chi connectivity index (χ4n) is 2.08. The quantitative estimate of drug-likeness (QED) is 0.648. The molecule has 0 saturated carbocycles. The van der Waals surface area contributed by atoms with Crippen LogP contribution < -0.4 is 11.3 Å². The minimum atomic E-state index is -0.634. The number of hydrogen-bond acceptors (Lipinski definition) is 4. The van der Waals surface area contributed by atoms with Crippen LogP contribution in [0.25, 0.3) is 0 Å². The number of hydrogen-bond donors (Lipinski definition) is 2. The summed E-state index contributed by atoms with van der Waals surface area (Å²) in [4.78, 5) is 4.16. The number of halogens is 2. The van der Waals surface area contributed by atoms with Crippen LogP contribution in [0.1, 0.15) is 37.3 Å². The Balaban J connectivity index is 2.26. The molecule has 2 aromatic rings. The van der Waals surface area contributed by atoms with Crippen molar-refractivity contribution in [3.05, 3.63) is 47.5 Å². The highest BCUT2D eigenvalue weighted by Crippen LogP contribution is 2.20. The van der Waals surface area contributed by atoms with Gasteiger partial charge in [-0.15, -0.1) is 0 Å². The second-order valence-corrected chi connectivity index (χ2v) is 4.84. The minimum Gasteiger partial charge on any atom is -0.271 e. The van der Waals surface area contributed by atoms with Gasteiger partial charge in [-0.3, -0.25) is 11.3 Å². The standard InChI is InChI=1S/C13H17F2N5/c1-8(2)20-13(17-7-18-20)6-12(19-16)9-3-10(14)5-11(15)4-9/h3-5,7-8,12,19H,6,16H2,1-2H3. The van der Waals surface area contributed by atoms with E-state index in [1.165, 1.54) is 18.5 Å². The van der Waals surface area contributed by atoms with E-state index in [2.05, 4.69) is 15.5 Å². The third-order valence-electron chi connectivity index (χ3n) is 3.01. The Kier molecular flexibility index (Phi) is 4.41. The molecule has 1 heterocycles. The van der Waals surface area contributed by atoms with Gasteiger partial charge >= 0.3 is 0 Å². The Morgan fingerprint density at radius 2 is 1.90 bits per heavy atom. The summed E-state index contributed by atoms with van der Waals surface area (Å²) in [5.41, 5.74) is 3.00. The lowest BCUT2D eigenvalue weighted by Gasteiger charge is -2.17. The molecule has 1 unspecified atom stereocenters. The largest absolute Gasteiger partial charge is 0.271 e. The van der Waals surface area contributed by atoms with E-state index in [0.717, 1.165) is 6.07 Å². The lowest BCUT2D eigenvalue weighted by molar-refractivity contribution is 0.465. The molecule has 0 aliphatic rings. The summed E-state index contributed by atoms with van der Waals surface area (Å²) in [7, 11) is 0. The zero-order valence-electron chi connectivity index (χ0n) is 11.3. The van der Waals surface area contributed by atoms with E-state index in [9.17, 15) is 8.78 Å². The first-order chi connectivity index (χ1) is 9.51. The van der Waals surface area contributed by atoms with Gasteiger partial charge in [0.1, 0.15) is 23.8 Å². The van der Waals surface area contributed by atoms with Crippen molar-refractivity contribution < 1.29 is 8.78 Å². The maximum Gasteiger partial charge on any atom is 0.138 e. The third kappa shape index (κ3) is 3.17. The Bertz CT molecular complexity index is 562. The zero-order chi connectivity index (χ0) is 14.7. The number of benzene rings is 1. The molecule has 0 aliphatic carbocycles. The van der Waals surface area contributed by atoms with Gasteiger partial charge in [-0.2, -0.15) is 5.10 Å². The van der Waals surface area contributed by atoms with Crippen LogP contribution in [0.3, 0.4) is 0 Å². The van der Waals surface area contributed by atoms with Crippen LogP contribution in [0.5, 0.6) is 0 Å². The first kappa shape index (κ1) is 14.5. The van der Waals surface area contributed by atoms with E-state index in [-0.39, 0.29) is 6.04 Å². The molecule has 0 amide bonds. The van der Waals surface area contributed by atoms with Crippen molar-refractivity contribution >= 4 is 0 Å². The smallest absolute Gasteiger partial charge is 0.138 e. The lowest BCUT2D eigenvalue weighted by atomic mass is 10.0. The van der Waals surface area contributed by atoms with Gasteiger partial charge in [0.05, 0.1) is 6.04 Å². The fourth-order valence-corrected chi connectivity index (χ4v) is 2.08. The normalized spacial score (nSPS) is 12.9. The van der Waals surface area contributed by atoms with Crippen LogP contribution in [0.15, 0.2) is 24.5 Å². The molecule has 0 radical (unpaired) electrons. The third-order valence-corrected chi connectivity index (χ3v) is 3.01. The van der Waals surface area contributed by atoms with E-state index < -0.39 is 17.7 Å². The Morgan fingerprint density at radius 1 is 1.25 bits per heavy atom. The first-order valence-corrected chi connectivity index (χ1v) is 6.31. The maximum absolute atomic E-state index is 13.3. The van der Waals surface area contributed by atoms with Crippen molar-refractivity contribution in [3.63, 3.8) is 0 Å². The van der Waals surface area contributed by atoms with Crippen molar-refractivity contribution in [2.24, 2.45) is 5.84 Å². The average Bonchev–Trinajstić information content (AvgIpc) is 2.82. The van der Waals surface area contributed by atoms with E-state index in [0.29, 0.717) is 17.8 Å². The van der Waals surface area contributed by atoms with Crippen molar-refractivity contribution in [2.45, 2.75) is 32.4 Å². The Morgan fingerprint density at radius 3 is 2.45 bits per heavy atom. The van der Waals surface area contributed by atoms with Gasteiger partial charge in [0.25, 0.3) is 0 Å². The molecule has 1 atom stereocenters. The molecular weight excluding hydrogens is 264 g/mol. The molecule has 5 nitrogen and oxygen atoms in total. The van der Waals surface area contributed by atoms with E-state index >= 15 is 0 Å². The predicted octanol–water partition coefficient (Wildman–Crippen LogP) is 1.88. The molecule has 2 rings (SSSR count). The highest BCUT2D eigenvalue weighted by Gasteiger charge is 2.17. The van der Waals surface area contributed by atoms with Gasteiger partial charge in [-0.1, -0.05) is 0 Å². The van der Waals surface area contributed by atoms with Crippen molar-refractivity contribution in [1.29, 1.82) is 0 Å². The second-order valence-electron chi connectivity index (χ2n) is 4.84. The van der Waals surface area contributed by atoms with Crippen molar-refractivity contribution in [3.8, 4) is 0 Å². The molecule has 20 heavy (non-hydrogen) atoms. The highest BCUT2D eigenvalue weighted by atomic mass is 19.1. The van der Waals surface area contributed by atoms with Gasteiger partial charge in [0, 0.05) is 18.5 Å². The van der Waals surface area contributed by atoms with Crippen LogP contribution in [0.4, 0.5) is 8.78 Å². The van der Waals surface area contributed by atoms with Crippen LogP contribution >= 0.6 is 0 Å². The molecule has 0 fully saturated rings. The van der Waals surface area contributed by atoms with E-state index in [1.54, 1.807) is 4.68 Å². The Hall–Kier alpha value is -1.86. The number of nitrogens with two attached hydrogens (primary N) is 1. The number of nitrogens with zero attached hydrogens (tertiary/aromatic N) is 3. The monoisotopic (exact) mass is 281 g/mol. The number of rotatable bonds is 5. The highest BCUT2D eigenvalue weighted by molar-refractivity contribution is 5.22. The van der Waals surface area contributed by atoms with E-state index in [1.807, 2.05) is 13.8 Å². The van der Waals surface area contributed by atoms with Crippen molar-refractivity contribution in [1.82, 2.24) is 20.2 Å². The second kappa shape index (κ2) is 6.06. The summed E-state index contributed by atoms with van der Waals surface area (Å²) < 4.78 is 28.3. The maximum atomic E-state index is 13.3. The molecule has 1 aromatic heterocycles. The zero-order valence-corrected chi connectivity index (χ0v) is 11.3. The number of nitrogens with one attached hydrogen (secondary N) is 1. The molecule has 108 valence electrons. The van der Waals surface area contributed by atoms with Crippen LogP contribution in [0, 0.1) is 11.6 Å². The summed E-state index contributed by atoms with van der Waals surface area (Å²) in [5, 5.41) is 4.12. The average molecular weight is 281 g/mol. The summed E-state index contributed by atoms with van der Waals surface area (Å²) in [6.07, 6.45) is 1.84. The fraction of sp³-hybridized carbons (Fsp3) is 0.385. The molecule has 0 bridgehead atoms. The molecule has 7 heteroatoms. The van der Waals surface area contributed by atoms with Gasteiger partial charge in [0.15, 0.2) is 0 Å². The molecule has 3 N–H and O–H groups in total.